The first-order valence-electron chi connectivity index (χ1n) is 5.68. The zero-order valence-electron chi connectivity index (χ0n) is 10.0. The summed E-state index contributed by atoms with van der Waals surface area (Å²) in [5.41, 5.74) is 9.32. The Bertz CT molecular complexity index is 557. The van der Waals surface area contributed by atoms with Gasteiger partial charge in [0.15, 0.2) is 0 Å². The first-order chi connectivity index (χ1) is 8.56. The van der Waals surface area contributed by atoms with E-state index >= 15 is 0 Å². The lowest BCUT2D eigenvalue weighted by Crippen LogP contribution is -2.14. The van der Waals surface area contributed by atoms with Crippen molar-refractivity contribution >= 4 is 27.5 Å². The van der Waals surface area contributed by atoms with E-state index in [4.69, 9.17) is 17.3 Å². The molecule has 18 heavy (non-hydrogen) atoms. The topological polar surface area (TPSA) is 38.9 Å². The van der Waals surface area contributed by atoms with Crippen LogP contribution in [0.15, 0.2) is 41.0 Å². The number of benzene rings is 1. The molecule has 0 bridgehead atoms. The van der Waals surface area contributed by atoms with Gasteiger partial charge >= 0.3 is 0 Å². The molecule has 0 fully saturated rings. The van der Waals surface area contributed by atoms with E-state index < -0.39 is 0 Å². The molecule has 2 aromatic rings. The molecule has 1 heterocycles. The van der Waals surface area contributed by atoms with Crippen LogP contribution in [0.2, 0.25) is 5.02 Å². The number of hydrogen-bond acceptors (Lipinski definition) is 2. The fourth-order valence-electron chi connectivity index (χ4n) is 1.84. The monoisotopic (exact) mass is 324 g/mol. The van der Waals surface area contributed by atoms with Gasteiger partial charge in [0.1, 0.15) is 0 Å². The van der Waals surface area contributed by atoms with Crippen molar-refractivity contribution in [2.45, 2.75) is 19.4 Å². The van der Waals surface area contributed by atoms with Gasteiger partial charge in [-0.2, -0.15) is 0 Å². The van der Waals surface area contributed by atoms with E-state index in [-0.39, 0.29) is 6.04 Å². The van der Waals surface area contributed by atoms with Crippen LogP contribution in [0.5, 0.6) is 0 Å². The third-order valence-electron chi connectivity index (χ3n) is 2.80. The minimum atomic E-state index is -0.0645. The number of halogens is 2. The van der Waals surface area contributed by atoms with Gasteiger partial charge in [-0.3, -0.25) is 4.98 Å². The van der Waals surface area contributed by atoms with Gasteiger partial charge in [0.2, 0.25) is 0 Å². The van der Waals surface area contributed by atoms with Crippen LogP contribution < -0.4 is 5.73 Å². The molecular formula is C14H14BrClN2. The van der Waals surface area contributed by atoms with Crippen molar-refractivity contribution in [2.75, 3.05) is 0 Å². The van der Waals surface area contributed by atoms with Crippen LogP contribution in [-0.2, 0) is 6.42 Å². The fourth-order valence-corrected chi connectivity index (χ4v) is 2.59. The average Bonchev–Trinajstić information content (AvgIpc) is 2.32. The highest BCUT2D eigenvalue weighted by Crippen LogP contribution is 2.25. The quantitative estimate of drug-likeness (QED) is 0.924. The maximum Gasteiger partial charge on any atom is 0.0449 e. The third-order valence-corrected chi connectivity index (χ3v) is 3.65. The van der Waals surface area contributed by atoms with Gasteiger partial charge in [0, 0.05) is 27.4 Å². The van der Waals surface area contributed by atoms with E-state index in [0.29, 0.717) is 0 Å². The van der Waals surface area contributed by atoms with Crippen LogP contribution in [0.1, 0.15) is 22.9 Å². The van der Waals surface area contributed by atoms with Gasteiger partial charge in [-0.15, -0.1) is 0 Å². The van der Waals surface area contributed by atoms with Crippen LogP contribution >= 0.6 is 27.5 Å². The second-order valence-corrected chi connectivity index (χ2v) is 5.60. The summed E-state index contributed by atoms with van der Waals surface area (Å²) in [5.74, 6) is 0. The van der Waals surface area contributed by atoms with Gasteiger partial charge < -0.3 is 5.73 Å². The molecule has 0 aliphatic carbocycles. The Kier molecular flexibility index (Phi) is 4.38. The second-order valence-electron chi connectivity index (χ2n) is 4.28. The predicted molar refractivity (Wildman–Crippen MR) is 78.8 cm³/mol. The molecule has 2 N–H and O–H groups in total. The number of aromatic nitrogens is 1. The number of aryl methyl sites for hydroxylation is 1. The van der Waals surface area contributed by atoms with Crippen molar-refractivity contribution in [3.8, 4) is 0 Å². The number of nitrogens with two attached hydrogens (primary N) is 1. The van der Waals surface area contributed by atoms with Crippen molar-refractivity contribution in [2.24, 2.45) is 5.73 Å². The Morgan fingerprint density at radius 1 is 1.33 bits per heavy atom. The molecule has 1 unspecified atom stereocenters. The molecule has 0 saturated carbocycles. The largest absolute Gasteiger partial charge is 0.324 e. The molecular weight excluding hydrogens is 312 g/mol. The summed E-state index contributed by atoms with van der Waals surface area (Å²) in [7, 11) is 0. The smallest absolute Gasteiger partial charge is 0.0449 e. The number of rotatable bonds is 3. The summed E-state index contributed by atoms with van der Waals surface area (Å²) in [6.07, 6.45) is 2.50. The molecule has 1 atom stereocenters. The first-order valence-corrected chi connectivity index (χ1v) is 6.85. The molecule has 1 aromatic heterocycles. The summed E-state index contributed by atoms with van der Waals surface area (Å²) in [4.78, 5) is 4.17. The summed E-state index contributed by atoms with van der Waals surface area (Å²) in [6, 6.07) is 9.76. The molecule has 0 spiro atoms. The van der Waals surface area contributed by atoms with Crippen LogP contribution in [0.3, 0.4) is 0 Å². The second kappa shape index (κ2) is 5.83. The molecule has 0 aliphatic rings. The Hall–Kier alpha value is -0.900. The van der Waals surface area contributed by atoms with Crippen molar-refractivity contribution in [1.82, 2.24) is 4.98 Å². The Labute approximate surface area is 120 Å². The van der Waals surface area contributed by atoms with E-state index in [2.05, 4.69) is 20.9 Å². The Morgan fingerprint density at radius 2 is 2.11 bits per heavy atom. The van der Waals surface area contributed by atoms with Crippen molar-refractivity contribution < 1.29 is 0 Å². The van der Waals surface area contributed by atoms with Gasteiger partial charge in [0.25, 0.3) is 0 Å². The van der Waals surface area contributed by atoms with Crippen molar-refractivity contribution in [1.29, 1.82) is 0 Å². The molecule has 2 nitrogen and oxygen atoms in total. The van der Waals surface area contributed by atoms with E-state index in [0.717, 1.165) is 32.7 Å². The summed E-state index contributed by atoms with van der Waals surface area (Å²) >= 11 is 9.59. The maximum absolute atomic E-state index is 6.20. The molecule has 0 amide bonds. The maximum atomic E-state index is 6.20. The van der Waals surface area contributed by atoms with E-state index in [1.807, 2.05) is 37.3 Å². The minimum absolute atomic E-state index is 0.0645. The van der Waals surface area contributed by atoms with Crippen LogP contribution in [0.4, 0.5) is 0 Å². The lowest BCUT2D eigenvalue weighted by molar-refractivity contribution is 0.719. The Balaban J connectivity index is 2.18. The van der Waals surface area contributed by atoms with Crippen molar-refractivity contribution in [3.63, 3.8) is 0 Å². The lowest BCUT2D eigenvalue weighted by Gasteiger charge is -2.13. The zero-order chi connectivity index (χ0) is 13.1. The highest BCUT2D eigenvalue weighted by Gasteiger charge is 2.10. The third kappa shape index (κ3) is 3.31. The van der Waals surface area contributed by atoms with Crippen LogP contribution in [0.25, 0.3) is 0 Å². The number of nitrogens with zero attached hydrogens (tertiary/aromatic N) is 1. The van der Waals surface area contributed by atoms with Crippen LogP contribution in [0, 0.1) is 6.92 Å². The molecule has 0 saturated heterocycles. The highest BCUT2D eigenvalue weighted by atomic mass is 79.9. The van der Waals surface area contributed by atoms with E-state index in [1.54, 1.807) is 6.20 Å². The van der Waals surface area contributed by atoms with E-state index in [9.17, 15) is 0 Å². The van der Waals surface area contributed by atoms with E-state index in [1.165, 1.54) is 0 Å². The summed E-state index contributed by atoms with van der Waals surface area (Å²) in [6.45, 7) is 1.96. The summed E-state index contributed by atoms with van der Waals surface area (Å²) in [5, 5.41) is 0.741. The SMILES string of the molecule is Cc1cc(C(N)Cc2ccc(Br)cc2Cl)ccn1. The van der Waals surface area contributed by atoms with Gasteiger partial charge in [-0.05, 0) is 48.7 Å². The molecule has 4 heteroatoms. The fraction of sp³-hybridized carbons (Fsp3) is 0.214. The minimum Gasteiger partial charge on any atom is -0.324 e. The molecule has 0 aliphatic heterocycles. The zero-order valence-corrected chi connectivity index (χ0v) is 12.4. The standard InChI is InChI=1S/C14H14BrClN2/c1-9-6-11(4-5-18-9)14(17)7-10-2-3-12(15)8-13(10)16/h2-6,8,14H,7,17H2,1H3. The normalized spacial score (nSPS) is 12.4. The molecule has 2 rings (SSSR count). The van der Waals surface area contributed by atoms with Crippen LogP contribution in [-0.4, -0.2) is 4.98 Å². The van der Waals surface area contributed by atoms with Gasteiger partial charge in [-0.1, -0.05) is 33.6 Å². The average molecular weight is 326 g/mol. The summed E-state index contributed by atoms with van der Waals surface area (Å²) < 4.78 is 0.976. The van der Waals surface area contributed by atoms with Gasteiger partial charge in [-0.25, -0.2) is 0 Å². The number of pyridine rings is 1. The molecule has 0 radical (unpaired) electrons. The number of hydrogen-bond donors (Lipinski definition) is 1. The van der Waals surface area contributed by atoms with Gasteiger partial charge in [0.05, 0.1) is 0 Å². The lowest BCUT2D eigenvalue weighted by atomic mass is 10.00. The predicted octanol–water partition coefficient (Wildman–Crippen LogP) is 4.05. The Morgan fingerprint density at radius 3 is 2.78 bits per heavy atom. The van der Waals surface area contributed by atoms with Crippen molar-refractivity contribution in [3.05, 3.63) is 62.8 Å². The highest BCUT2D eigenvalue weighted by molar-refractivity contribution is 9.10. The first kappa shape index (κ1) is 13.5. The molecule has 94 valence electrons. The molecule has 1 aromatic carbocycles.